The molecule has 0 saturated heterocycles. The van der Waals surface area contributed by atoms with Crippen LogP contribution >= 0.6 is 11.6 Å². The van der Waals surface area contributed by atoms with Crippen molar-refractivity contribution in [2.45, 2.75) is 11.6 Å². The minimum absolute atomic E-state index is 0.00222. The van der Waals surface area contributed by atoms with E-state index in [4.69, 9.17) is 21.8 Å². The lowest BCUT2D eigenvalue weighted by Gasteiger charge is -2.08. The molecule has 8 nitrogen and oxygen atoms in total. The fraction of sp³-hybridized carbons (Fsp3) is 0.231. The summed E-state index contributed by atoms with van der Waals surface area (Å²) in [5, 5.41) is 20.2. The highest BCUT2D eigenvalue weighted by molar-refractivity contribution is 7.89. The van der Waals surface area contributed by atoms with Crippen LogP contribution < -0.4 is 10.5 Å². The molecule has 0 bridgehead atoms. The summed E-state index contributed by atoms with van der Waals surface area (Å²) in [6.45, 7) is -0.121. The van der Waals surface area contributed by atoms with Crippen LogP contribution in [0, 0.1) is 0 Å². The molecule has 0 aliphatic heterocycles. The molecule has 23 heavy (non-hydrogen) atoms. The number of rotatable bonds is 6. The average Bonchev–Trinajstić information content (AvgIpc) is 2.91. The standard InChI is InChI=1S/C13H15ClN4O4S/c14-10-4-2-1-3-9(10)8-18-11(13(20)16-5-6-19)7-12(17-18)23(15,21)22/h1-4,7,19H,5-6,8H2,(H,16,20)(H2,15,21,22). The predicted molar refractivity (Wildman–Crippen MR) is 83.6 cm³/mol. The Hall–Kier alpha value is -1.94. The summed E-state index contributed by atoms with van der Waals surface area (Å²) in [6, 6.07) is 8.00. The zero-order valence-electron chi connectivity index (χ0n) is 11.9. The molecule has 4 N–H and O–H groups in total. The lowest BCUT2D eigenvalue weighted by Crippen LogP contribution is -2.28. The fourth-order valence-corrected chi connectivity index (χ4v) is 2.57. The quantitative estimate of drug-likeness (QED) is 0.667. The maximum Gasteiger partial charge on any atom is 0.269 e. The van der Waals surface area contributed by atoms with Crippen molar-refractivity contribution in [3.63, 3.8) is 0 Å². The van der Waals surface area contributed by atoms with Gasteiger partial charge in [0.05, 0.1) is 13.2 Å². The second-order valence-electron chi connectivity index (χ2n) is 4.64. The first-order valence-corrected chi connectivity index (χ1v) is 8.48. The first-order valence-electron chi connectivity index (χ1n) is 6.56. The van der Waals surface area contributed by atoms with Crippen molar-refractivity contribution in [1.29, 1.82) is 0 Å². The highest BCUT2D eigenvalue weighted by Gasteiger charge is 2.21. The number of hydrogen-bond acceptors (Lipinski definition) is 5. The van der Waals surface area contributed by atoms with Crippen molar-refractivity contribution >= 4 is 27.5 Å². The number of benzene rings is 1. The van der Waals surface area contributed by atoms with Crippen LogP contribution in [0.5, 0.6) is 0 Å². The molecule has 10 heteroatoms. The lowest BCUT2D eigenvalue weighted by atomic mass is 10.2. The largest absolute Gasteiger partial charge is 0.395 e. The summed E-state index contributed by atoms with van der Waals surface area (Å²) in [4.78, 5) is 12.1. The van der Waals surface area contributed by atoms with E-state index in [9.17, 15) is 13.2 Å². The maximum absolute atomic E-state index is 12.1. The molecule has 0 aliphatic carbocycles. The number of aliphatic hydroxyl groups excluding tert-OH is 1. The number of amides is 1. The summed E-state index contributed by atoms with van der Waals surface area (Å²) in [5.41, 5.74) is 0.664. The molecule has 1 heterocycles. The third-order valence-electron chi connectivity index (χ3n) is 2.96. The Kier molecular flexibility index (Phi) is 5.37. The first-order chi connectivity index (χ1) is 10.8. The molecule has 0 saturated carbocycles. The summed E-state index contributed by atoms with van der Waals surface area (Å²) in [7, 11) is -4.06. The van der Waals surface area contributed by atoms with Gasteiger partial charge in [0.2, 0.25) is 0 Å². The number of aromatic nitrogens is 2. The minimum atomic E-state index is -4.06. The predicted octanol–water partition coefficient (Wildman–Crippen LogP) is -0.0457. The Balaban J connectivity index is 2.42. The van der Waals surface area contributed by atoms with Crippen molar-refractivity contribution in [3.05, 3.63) is 46.6 Å². The normalized spacial score (nSPS) is 11.4. The highest BCUT2D eigenvalue weighted by Crippen LogP contribution is 2.18. The second kappa shape index (κ2) is 7.09. The third-order valence-corrected chi connectivity index (χ3v) is 4.11. The van der Waals surface area contributed by atoms with Crippen molar-refractivity contribution in [3.8, 4) is 0 Å². The van der Waals surface area contributed by atoms with Gasteiger partial charge in [-0.3, -0.25) is 9.48 Å². The van der Waals surface area contributed by atoms with Gasteiger partial charge in [0.25, 0.3) is 15.9 Å². The van der Waals surface area contributed by atoms with Gasteiger partial charge in [0.1, 0.15) is 5.69 Å². The third kappa shape index (κ3) is 4.29. The molecule has 124 valence electrons. The van der Waals surface area contributed by atoms with Gasteiger partial charge in [-0.2, -0.15) is 5.10 Å². The van der Waals surface area contributed by atoms with Crippen LogP contribution in [0.15, 0.2) is 35.4 Å². The van der Waals surface area contributed by atoms with E-state index in [1.165, 1.54) is 4.68 Å². The van der Waals surface area contributed by atoms with Gasteiger partial charge in [-0.1, -0.05) is 29.8 Å². The molecule has 0 aliphatic rings. The number of nitrogens with zero attached hydrogens (tertiary/aromatic N) is 2. The molecule has 1 amide bonds. The van der Waals surface area contributed by atoms with Gasteiger partial charge >= 0.3 is 0 Å². The van der Waals surface area contributed by atoms with Crippen LogP contribution in [0.1, 0.15) is 16.1 Å². The molecule has 1 aromatic heterocycles. The van der Waals surface area contributed by atoms with E-state index in [-0.39, 0.29) is 25.4 Å². The van der Waals surface area contributed by atoms with E-state index in [2.05, 4.69) is 10.4 Å². The molecule has 1 aromatic carbocycles. The van der Waals surface area contributed by atoms with Gasteiger partial charge < -0.3 is 10.4 Å². The van der Waals surface area contributed by atoms with Crippen LogP contribution in [0.4, 0.5) is 0 Å². The van der Waals surface area contributed by atoms with E-state index < -0.39 is 21.0 Å². The number of primary sulfonamides is 1. The van der Waals surface area contributed by atoms with Crippen molar-refractivity contribution in [1.82, 2.24) is 15.1 Å². The monoisotopic (exact) mass is 358 g/mol. The molecule has 0 spiro atoms. The van der Waals surface area contributed by atoms with Gasteiger partial charge in [-0.25, -0.2) is 13.6 Å². The summed E-state index contributed by atoms with van der Waals surface area (Å²) < 4.78 is 24.1. The fourth-order valence-electron chi connectivity index (χ4n) is 1.88. The van der Waals surface area contributed by atoms with Crippen molar-refractivity contribution in [2.24, 2.45) is 5.14 Å². The van der Waals surface area contributed by atoms with E-state index >= 15 is 0 Å². The van der Waals surface area contributed by atoms with E-state index in [1.54, 1.807) is 24.3 Å². The zero-order chi connectivity index (χ0) is 17.0. The molecule has 0 radical (unpaired) electrons. The van der Waals surface area contributed by atoms with Crippen LogP contribution in [0.25, 0.3) is 0 Å². The van der Waals surface area contributed by atoms with Crippen LogP contribution in [0.2, 0.25) is 5.02 Å². The summed E-state index contributed by atoms with van der Waals surface area (Å²) in [6.07, 6.45) is 0. The Labute approximate surface area is 137 Å². The number of nitrogens with two attached hydrogens (primary N) is 1. The Morgan fingerprint density at radius 2 is 2.09 bits per heavy atom. The molecule has 0 fully saturated rings. The molecule has 0 unspecified atom stereocenters. The minimum Gasteiger partial charge on any atom is -0.395 e. The molecular formula is C13H15ClN4O4S. The summed E-state index contributed by atoms with van der Waals surface area (Å²) in [5.74, 6) is -0.575. The van der Waals surface area contributed by atoms with Gasteiger partial charge in [0.15, 0.2) is 5.03 Å². The lowest BCUT2D eigenvalue weighted by molar-refractivity contribution is 0.0934. The van der Waals surface area contributed by atoms with E-state index in [0.29, 0.717) is 10.6 Å². The number of sulfonamides is 1. The van der Waals surface area contributed by atoms with Crippen molar-refractivity contribution in [2.75, 3.05) is 13.2 Å². The Morgan fingerprint density at radius 3 is 2.70 bits per heavy atom. The van der Waals surface area contributed by atoms with E-state index in [0.717, 1.165) is 6.07 Å². The Bertz CT molecular complexity index is 819. The summed E-state index contributed by atoms with van der Waals surface area (Å²) >= 11 is 6.07. The number of hydrogen-bond donors (Lipinski definition) is 3. The van der Waals surface area contributed by atoms with Crippen LogP contribution in [-0.2, 0) is 16.6 Å². The number of aliphatic hydroxyl groups is 1. The van der Waals surface area contributed by atoms with Gasteiger partial charge in [-0.05, 0) is 11.6 Å². The number of halogens is 1. The van der Waals surface area contributed by atoms with Crippen LogP contribution in [-0.4, -0.2) is 42.4 Å². The van der Waals surface area contributed by atoms with E-state index in [1.807, 2.05) is 0 Å². The zero-order valence-corrected chi connectivity index (χ0v) is 13.5. The topological polar surface area (TPSA) is 127 Å². The number of carbonyl (C=O) groups excluding carboxylic acids is 1. The second-order valence-corrected chi connectivity index (χ2v) is 6.56. The molecule has 2 aromatic rings. The maximum atomic E-state index is 12.1. The van der Waals surface area contributed by atoms with Gasteiger partial charge in [-0.15, -0.1) is 0 Å². The van der Waals surface area contributed by atoms with Crippen molar-refractivity contribution < 1.29 is 18.3 Å². The van der Waals surface area contributed by atoms with Gasteiger partial charge in [0, 0.05) is 17.6 Å². The Morgan fingerprint density at radius 1 is 1.39 bits per heavy atom. The molecular weight excluding hydrogens is 344 g/mol. The molecule has 2 rings (SSSR count). The number of carbonyl (C=O) groups is 1. The first kappa shape index (κ1) is 17.4. The smallest absolute Gasteiger partial charge is 0.269 e. The molecule has 0 atom stereocenters. The average molecular weight is 359 g/mol. The SMILES string of the molecule is NS(=O)(=O)c1cc(C(=O)NCCO)n(Cc2ccccc2Cl)n1. The van der Waals surface area contributed by atoms with Crippen LogP contribution in [0.3, 0.4) is 0 Å². The number of nitrogens with one attached hydrogen (secondary N) is 1. The highest BCUT2D eigenvalue weighted by atomic mass is 35.5.